The number of allylic oxidation sites excluding steroid dienone is 1. The van der Waals surface area contributed by atoms with Gasteiger partial charge in [-0.25, -0.2) is 0 Å². The van der Waals surface area contributed by atoms with Crippen molar-refractivity contribution in [3.8, 4) is 0 Å². The summed E-state index contributed by atoms with van der Waals surface area (Å²) in [6.07, 6.45) is 1.84. The van der Waals surface area contributed by atoms with Crippen molar-refractivity contribution in [1.29, 1.82) is 0 Å². The maximum absolute atomic E-state index is 11.9. The van der Waals surface area contributed by atoms with Crippen LogP contribution in [-0.4, -0.2) is 11.1 Å². The predicted molar refractivity (Wildman–Crippen MR) is 81.4 cm³/mol. The van der Waals surface area contributed by atoms with E-state index in [2.05, 4.69) is 30.8 Å². The van der Waals surface area contributed by atoms with E-state index < -0.39 is 11.9 Å². The summed E-state index contributed by atoms with van der Waals surface area (Å²) in [7, 11) is 0. The molecule has 21 heavy (non-hydrogen) atoms. The maximum Gasteiger partial charge on any atom is 0.308 e. The molecule has 2 bridgehead atoms. The van der Waals surface area contributed by atoms with Crippen molar-refractivity contribution in [1.82, 2.24) is 0 Å². The number of carboxylic acids is 1. The molecule has 0 aliphatic heterocycles. The molecule has 3 aliphatic rings. The van der Waals surface area contributed by atoms with Crippen LogP contribution < -0.4 is 0 Å². The van der Waals surface area contributed by atoms with Crippen molar-refractivity contribution < 1.29 is 9.90 Å². The zero-order valence-electron chi connectivity index (χ0n) is 11.6. The standard InChI is InChI=1S/C19H16O2/c1-2-11-16-12-7-3-5-9-14(12)17(18(11)19(20)21)15-10-6-4-8-13(15)16/h2-11,16-18H,1H2,(H,20,21)/t11-,16?,17?,18+/m0/s1. The number of aliphatic carboxylic acids is 1. The van der Waals surface area contributed by atoms with E-state index in [-0.39, 0.29) is 17.8 Å². The van der Waals surface area contributed by atoms with Crippen LogP contribution in [-0.2, 0) is 4.79 Å². The Morgan fingerprint density at radius 2 is 1.33 bits per heavy atom. The summed E-state index contributed by atoms with van der Waals surface area (Å²) >= 11 is 0. The van der Waals surface area contributed by atoms with Gasteiger partial charge in [-0.1, -0.05) is 54.6 Å². The first-order chi connectivity index (χ1) is 10.2. The summed E-state index contributed by atoms with van der Waals surface area (Å²) in [5.74, 6) is -1.14. The first-order valence-electron chi connectivity index (χ1n) is 7.27. The molecule has 0 saturated carbocycles. The van der Waals surface area contributed by atoms with Crippen LogP contribution in [0.1, 0.15) is 34.1 Å². The van der Waals surface area contributed by atoms with Gasteiger partial charge < -0.3 is 5.11 Å². The highest BCUT2D eigenvalue weighted by Gasteiger charge is 2.51. The van der Waals surface area contributed by atoms with Gasteiger partial charge in [-0.2, -0.15) is 0 Å². The van der Waals surface area contributed by atoms with Crippen molar-refractivity contribution in [2.45, 2.75) is 11.8 Å². The fraction of sp³-hybridized carbons (Fsp3) is 0.211. The topological polar surface area (TPSA) is 37.3 Å². The smallest absolute Gasteiger partial charge is 0.308 e. The molecule has 0 unspecified atom stereocenters. The number of fused-ring (bicyclic) bond motifs is 1. The first-order valence-corrected chi connectivity index (χ1v) is 7.27. The van der Waals surface area contributed by atoms with E-state index >= 15 is 0 Å². The lowest BCUT2D eigenvalue weighted by molar-refractivity contribution is -0.144. The Bertz CT molecular complexity index is 699. The van der Waals surface area contributed by atoms with Gasteiger partial charge in [0.15, 0.2) is 0 Å². The molecule has 0 heterocycles. The Morgan fingerprint density at radius 1 is 0.905 bits per heavy atom. The minimum atomic E-state index is -0.723. The predicted octanol–water partition coefficient (Wildman–Crippen LogP) is 3.78. The highest BCUT2D eigenvalue weighted by atomic mass is 16.4. The molecular weight excluding hydrogens is 260 g/mol. The lowest BCUT2D eigenvalue weighted by Crippen LogP contribution is -2.42. The zero-order chi connectivity index (χ0) is 14.6. The normalized spacial score (nSPS) is 28.6. The second-order valence-electron chi connectivity index (χ2n) is 5.89. The average Bonchev–Trinajstić information content (AvgIpc) is 2.53. The number of rotatable bonds is 2. The molecule has 0 saturated heterocycles. The molecule has 2 aromatic rings. The first kappa shape index (κ1) is 12.4. The van der Waals surface area contributed by atoms with E-state index in [1.54, 1.807) is 0 Å². The molecule has 0 fully saturated rings. The lowest BCUT2D eigenvalue weighted by Gasteiger charge is -2.48. The molecule has 2 atom stereocenters. The highest BCUT2D eigenvalue weighted by molar-refractivity contribution is 5.77. The number of carboxylic acid groups (broad SMARTS) is 1. The molecule has 5 rings (SSSR count). The molecule has 3 aliphatic carbocycles. The molecule has 1 N–H and O–H groups in total. The summed E-state index contributed by atoms with van der Waals surface area (Å²) in [6, 6.07) is 16.5. The van der Waals surface area contributed by atoms with Crippen molar-refractivity contribution in [3.05, 3.63) is 83.4 Å². The van der Waals surface area contributed by atoms with Gasteiger partial charge in [0, 0.05) is 17.8 Å². The fourth-order valence-corrected chi connectivity index (χ4v) is 4.31. The Labute approximate surface area is 123 Å². The molecule has 0 radical (unpaired) electrons. The molecular formula is C19H16O2. The number of benzene rings is 2. The van der Waals surface area contributed by atoms with Crippen LogP contribution in [0.2, 0.25) is 0 Å². The van der Waals surface area contributed by atoms with Crippen LogP contribution in [0.4, 0.5) is 0 Å². The lowest BCUT2D eigenvalue weighted by atomic mass is 9.54. The summed E-state index contributed by atoms with van der Waals surface area (Å²) in [6.45, 7) is 3.92. The van der Waals surface area contributed by atoms with E-state index in [4.69, 9.17) is 0 Å². The van der Waals surface area contributed by atoms with Crippen molar-refractivity contribution in [2.75, 3.05) is 0 Å². The molecule has 2 nitrogen and oxygen atoms in total. The second kappa shape index (κ2) is 4.32. The molecule has 2 aromatic carbocycles. The highest BCUT2D eigenvalue weighted by Crippen LogP contribution is 2.58. The van der Waals surface area contributed by atoms with Gasteiger partial charge in [-0.15, -0.1) is 6.58 Å². The van der Waals surface area contributed by atoms with Crippen LogP contribution in [0.25, 0.3) is 0 Å². The Morgan fingerprint density at radius 3 is 1.71 bits per heavy atom. The van der Waals surface area contributed by atoms with Gasteiger partial charge >= 0.3 is 5.97 Å². The van der Waals surface area contributed by atoms with E-state index in [0.717, 1.165) is 0 Å². The summed E-state index contributed by atoms with van der Waals surface area (Å²) in [5.41, 5.74) is 4.88. The van der Waals surface area contributed by atoms with Gasteiger partial charge in [0.2, 0.25) is 0 Å². The summed E-state index contributed by atoms with van der Waals surface area (Å²) in [4.78, 5) is 11.9. The van der Waals surface area contributed by atoms with Gasteiger partial charge in [-0.05, 0) is 22.3 Å². The average molecular weight is 276 g/mol. The zero-order valence-corrected chi connectivity index (χ0v) is 11.6. The van der Waals surface area contributed by atoms with Crippen LogP contribution in [0.3, 0.4) is 0 Å². The Hall–Kier alpha value is -2.35. The van der Waals surface area contributed by atoms with Gasteiger partial charge in [0.1, 0.15) is 0 Å². The Kier molecular flexibility index (Phi) is 2.55. The SMILES string of the molecule is C=C[C@H]1C2c3ccccc3C(c3ccccc32)[C@@H]1C(=O)O. The largest absolute Gasteiger partial charge is 0.481 e. The minimum Gasteiger partial charge on any atom is -0.481 e. The van der Waals surface area contributed by atoms with Gasteiger partial charge in [0.05, 0.1) is 5.92 Å². The molecule has 2 heteroatoms. The van der Waals surface area contributed by atoms with Crippen LogP contribution in [0, 0.1) is 11.8 Å². The number of hydrogen-bond acceptors (Lipinski definition) is 1. The van der Waals surface area contributed by atoms with Crippen LogP contribution in [0.5, 0.6) is 0 Å². The fourth-order valence-electron chi connectivity index (χ4n) is 4.31. The van der Waals surface area contributed by atoms with Crippen molar-refractivity contribution >= 4 is 5.97 Å². The third-order valence-corrected chi connectivity index (χ3v) is 5.05. The van der Waals surface area contributed by atoms with E-state index in [1.165, 1.54) is 22.3 Å². The number of carbonyl (C=O) groups is 1. The second-order valence-corrected chi connectivity index (χ2v) is 5.89. The van der Waals surface area contributed by atoms with E-state index in [9.17, 15) is 9.90 Å². The van der Waals surface area contributed by atoms with Crippen molar-refractivity contribution in [3.63, 3.8) is 0 Å². The monoisotopic (exact) mass is 276 g/mol. The molecule has 0 amide bonds. The van der Waals surface area contributed by atoms with Crippen LogP contribution in [0.15, 0.2) is 61.2 Å². The number of hydrogen-bond donors (Lipinski definition) is 1. The van der Waals surface area contributed by atoms with Crippen LogP contribution >= 0.6 is 0 Å². The Balaban J connectivity index is 2.06. The molecule has 0 spiro atoms. The summed E-state index contributed by atoms with van der Waals surface area (Å²) < 4.78 is 0. The quantitative estimate of drug-likeness (QED) is 0.847. The van der Waals surface area contributed by atoms with Gasteiger partial charge in [0.25, 0.3) is 0 Å². The molecule has 104 valence electrons. The summed E-state index contributed by atoms with van der Waals surface area (Å²) in [5, 5.41) is 9.77. The van der Waals surface area contributed by atoms with Crippen molar-refractivity contribution in [2.24, 2.45) is 11.8 Å². The third-order valence-electron chi connectivity index (χ3n) is 5.05. The third kappa shape index (κ3) is 1.50. The maximum atomic E-state index is 11.9. The van der Waals surface area contributed by atoms with E-state index in [0.29, 0.717) is 0 Å². The van der Waals surface area contributed by atoms with Gasteiger partial charge in [-0.3, -0.25) is 4.79 Å². The minimum absolute atomic E-state index is 0.0442. The van der Waals surface area contributed by atoms with E-state index in [1.807, 2.05) is 30.3 Å². The molecule has 0 aromatic heterocycles.